The number of carbonyl (C=O) groups is 1. The summed E-state index contributed by atoms with van der Waals surface area (Å²) in [6, 6.07) is 16.5. The Morgan fingerprint density at radius 3 is 2.34 bits per heavy atom. The Kier molecular flexibility index (Phi) is 7.45. The maximum absolute atomic E-state index is 13.5. The summed E-state index contributed by atoms with van der Waals surface area (Å²) in [6.45, 7) is 6.32. The lowest BCUT2D eigenvalue weighted by molar-refractivity contribution is 0.0670. The van der Waals surface area contributed by atoms with E-state index in [0.717, 1.165) is 29.9 Å². The minimum absolute atomic E-state index is 0.0422. The van der Waals surface area contributed by atoms with Crippen LogP contribution in [0.3, 0.4) is 0 Å². The Hall–Kier alpha value is -3.33. The fraction of sp³-hybridized carbons (Fsp3) is 0.385. The summed E-state index contributed by atoms with van der Waals surface area (Å²) in [5.41, 5.74) is 2.96. The number of ether oxygens (including phenoxy) is 1. The lowest BCUT2D eigenvalue weighted by Crippen LogP contribution is -2.40. The van der Waals surface area contributed by atoms with Crippen LogP contribution in [0.15, 0.2) is 59.1 Å². The second-order valence-corrected chi connectivity index (χ2v) is 10.9. The smallest absolute Gasteiger partial charge is 0.276 e. The monoisotopic (exact) mass is 497 g/mol. The molecule has 0 aliphatic carbocycles. The van der Waals surface area contributed by atoms with Crippen LogP contribution in [0, 0.1) is 0 Å². The quantitative estimate of drug-likeness (QED) is 0.441. The van der Waals surface area contributed by atoms with Gasteiger partial charge in [0.05, 0.1) is 18.6 Å². The van der Waals surface area contributed by atoms with E-state index in [-0.39, 0.29) is 23.1 Å². The Morgan fingerprint density at radius 2 is 1.77 bits per heavy atom. The molecule has 1 saturated heterocycles. The normalized spacial score (nSPS) is 16.7. The van der Waals surface area contributed by atoms with Crippen molar-refractivity contribution in [2.45, 2.75) is 32.9 Å². The number of carbonyl (C=O) groups excluding carboxylic acids is 1. The number of aromatic nitrogens is 1. The molecule has 0 bridgehead atoms. The predicted octanol–water partition coefficient (Wildman–Crippen LogP) is 4.03. The van der Waals surface area contributed by atoms with Gasteiger partial charge in [0, 0.05) is 43.0 Å². The van der Waals surface area contributed by atoms with Crippen molar-refractivity contribution in [2.24, 2.45) is 0 Å². The molecule has 1 fully saturated rings. The van der Waals surface area contributed by atoms with E-state index in [9.17, 15) is 13.2 Å². The average molecular weight is 498 g/mol. The van der Waals surface area contributed by atoms with E-state index in [4.69, 9.17) is 9.26 Å². The van der Waals surface area contributed by atoms with Gasteiger partial charge >= 0.3 is 0 Å². The van der Waals surface area contributed by atoms with Gasteiger partial charge in [-0.15, -0.1) is 0 Å². The molecule has 4 rings (SSSR count). The van der Waals surface area contributed by atoms with E-state index < -0.39 is 15.9 Å². The molecule has 8 nitrogen and oxygen atoms in total. The predicted molar refractivity (Wildman–Crippen MR) is 135 cm³/mol. The molecular formula is C26H31N3O5S. The zero-order valence-electron chi connectivity index (χ0n) is 20.3. The molecule has 35 heavy (non-hydrogen) atoms. The second-order valence-electron chi connectivity index (χ2n) is 8.63. The van der Waals surface area contributed by atoms with Gasteiger partial charge in [-0.25, -0.2) is 8.42 Å². The summed E-state index contributed by atoms with van der Waals surface area (Å²) in [6.07, 6.45) is 0.412. The van der Waals surface area contributed by atoms with Crippen LogP contribution in [0.4, 0.5) is 5.69 Å². The molecule has 1 amide bonds. The fourth-order valence-corrected chi connectivity index (χ4v) is 6.13. The summed E-state index contributed by atoms with van der Waals surface area (Å²) in [5.74, 6) is 0.866. The number of sulfone groups is 1. The lowest BCUT2D eigenvalue weighted by Gasteiger charge is -2.28. The van der Waals surface area contributed by atoms with Crippen LogP contribution < -0.4 is 9.64 Å². The maximum atomic E-state index is 13.5. The number of methoxy groups -OCH3 is 1. The van der Waals surface area contributed by atoms with Crippen molar-refractivity contribution in [3.63, 3.8) is 0 Å². The highest BCUT2D eigenvalue weighted by molar-refractivity contribution is 7.91. The van der Waals surface area contributed by atoms with Crippen molar-refractivity contribution in [1.29, 1.82) is 0 Å². The van der Waals surface area contributed by atoms with Crippen molar-refractivity contribution in [1.82, 2.24) is 10.1 Å². The van der Waals surface area contributed by atoms with Gasteiger partial charge < -0.3 is 19.1 Å². The Labute approximate surface area is 206 Å². The van der Waals surface area contributed by atoms with Gasteiger partial charge in [0.1, 0.15) is 5.75 Å². The molecule has 0 N–H and O–H groups in total. The first kappa shape index (κ1) is 24.8. The average Bonchev–Trinajstić information content (AvgIpc) is 3.50. The number of anilines is 1. The van der Waals surface area contributed by atoms with E-state index in [0.29, 0.717) is 24.5 Å². The molecule has 1 aliphatic rings. The number of rotatable bonds is 9. The van der Waals surface area contributed by atoms with Crippen molar-refractivity contribution in [3.8, 4) is 17.1 Å². The van der Waals surface area contributed by atoms with E-state index in [1.807, 2.05) is 36.4 Å². The molecule has 9 heteroatoms. The van der Waals surface area contributed by atoms with Gasteiger partial charge in [0.25, 0.3) is 5.91 Å². The van der Waals surface area contributed by atoms with Crippen molar-refractivity contribution in [2.75, 3.05) is 36.6 Å². The third-order valence-corrected chi connectivity index (χ3v) is 8.18. The first-order valence-corrected chi connectivity index (χ1v) is 13.6. The lowest BCUT2D eigenvalue weighted by atomic mass is 10.1. The van der Waals surface area contributed by atoms with Crippen molar-refractivity contribution in [3.05, 3.63) is 65.9 Å². The minimum Gasteiger partial charge on any atom is -0.497 e. The van der Waals surface area contributed by atoms with E-state index in [1.54, 1.807) is 30.2 Å². The molecule has 2 heterocycles. The van der Waals surface area contributed by atoms with Gasteiger partial charge in [-0.2, -0.15) is 0 Å². The van der Waals surface area contributed by atoms with Gasteiger partial charge in [-0.1, -0.05) is 17.3 Å². The first-order chi connectivity index (χ1) is 16.8. The fourth-order valence-electron chi connectivity index (χ4n) is 4.40. The summed E-state index contributed by atoms with van der Waals surface area (Å²) >= 11 is 0. The molecule has 0 spiro atoms. The molecule has 0 saturated carbocycles. The highest BCUT2D eigenvalue weighted by Crippen LogP contribution is 2.27. The standard InChI is InChI=1S/C26H31N3O5S/c1-4-28(5-2)21-10-6-19(7-11-21)17-29(22-14-15-35(31,32)18-22)26(30)24-16-25(34-27-24)20-8-12-23(33-3)13-9-20/h6-13,16,22H,4-5,14-15,17-18H2,1-3H3. The number of nitrogens with zero attached hydrogens (tertiary/aromatic N) is 3. The first-order valence-electron chi connectivity index (χ1n) is 11.8. The Balaban J connectivity index is 1.58. The van der Waals surface area contributed by atoms with Crippen LogP contribution in [0.1, 0.15) is 36.3 Å². The van der Waals surface area contributed by atoms with Crippen LogP contribution in [0.25, 0.3) is 11.3 Å². The number of hydrogen-bond acceptors (Lipinski definition) is 7. The maximum Gasteiger partial charge on any atom is 0.276 e. The SMILES string of the molecule is CCN(CC)c1ccc(CN(C(=O)c2cc(-c3ccc(OC)cc3)on2)C2CCS(=O)(=O)C2)cc1. The van der Waals surface area contributed by atoms with Gasteiger partial charge in [-0.05, 0) is 62.2 Å². The third kappa shape index (κ3) is 5.67. The van der Waals surface area contributed by atoms with Crippen LogP contribution in [-0.2, 0) is 16.4 Å². The van der Waals surface area contributed by atoms with Gasteiger partial charge in [0.15, 0.2) is 21.3 Å². The highest BCUT2D eigenvalue weighted by Gasteiger charge is 2.36. The zero-order valence-corrected chi connectivity index (χ0v) is 21.1. The minimum atomic E-state index is -3.17. The topological polar surface area (TPSA) is 92.9 Å². The van der Waals surface area contributed by atoms with Crippen LogP contribution in [-0.4, -0.2) is 62.1 Å². The molecule has 1 aromatic heterocycles. The third-order valence-electron chi connectivity index (χ3n) is 6.43. The Morgan fingerprint density at radius 1 is 1.09 bits per heavy atom. The molecule has 1 atom stereocenters. The zero-order chi connectivity index (χ0) is 25.0. The van der Waals surface area contributed by atoms with Crippen LogP contribution in [0.5, 0.6) is 5.75 Å². The second kappa shape index (κ2) is 10.5. The van der Waals surface area contributed by atoms with E-state index in [1.165, 1.54) is 0 Å². The largest absolute Gasteiger partial charge is 0.497 e. The van der Waals surface area contributed by atoms with Gasteiger partial charge in [-0.3, -0.25) is 4.79 Å². The summed E-state index contributed by atoms with van der Waals surface area (Å²) in [5, 5.41) is 4.01. The molecular weight excluding hydrogens is 466 g/mol. The number of hydrogen-bond donors (Lipinski definition) is 0. The number of amides is 1. The Bertz CT molecular complexity index is 1250. The van der Waals surface area contributed by atoms with E-state index in [2.05, 4.69) is 23.9 Å². The summed E-state index contributed by atoms with van der Waals surface area (Å²) in [7, 11) is -1.58. The number of benzene rings is 2. The molecule has 1 unspecified atom stereocenters. The molecule has 0 radical (unpaired) electrons. The van der Waals surface area contributed by atoms with Crippen molar-refractivity contribution >= 4 is 21.4 Å². The summed E-state index contributed by atoms with van der Waals surface area (Å²) < 4.78 is 35.0. The van der Waals surface area contributed by atoms with Crippen LogP contribution >= 0.6 is 0 Å². The van der Waals surface area contributed by atoms with Crippen LogP contribution in [0.2, 0.25) is 0 Å². The molecule has 3 aromatic rings. The molecule has 186 valence electrons. The molecule has 1 aliphatic heterocycles. The molecule has 2 aromatic carbocycles. The van der Waals surface area contributed by atoms with Gasteiger partial charge in [0.2, 0.25) is 0 Å². The van der Waals surface area contributed by atoms with E-state index >= 15 is 0 Å². The highest BCUT2D eigenvalue weighted by atomic mass is 32.2. The van der Waals surface area contributed by atoms with Crippen molar-refractivity contribution < 1.29 is 22.5 Å². The summed E-state index contributed by atoms with van der Waals surface area (Å²) in [4.78, 5) is 17.4.